The fourth-order valence-corrected chi connectivity index (χ4v) is 2.23. The Labute approximate surface area is 76.8 Å². The smallest absolute Gasteiger partial charge is 0.309 e. The molecule has 0 radical (unpaired) electrons. The van der Waals surface area contributed by atoms with Crippen LogP contribution in [0.3, 0.4) is 0 Å². The number of hydrogen-bond acceptors (Lipinski definition) is 3. The molecule has 2 unspecified atom stereocenters. The second-order valence-corrected chi connectivity index (χ2v) is 3.66. The van der Waals surface area contributed by atoms with E-state index in [1.165, 1.54) is 0 Å². The van der Waals surface area contributed by atoms with Gasteiger partial charge in [0, 0.05) is 13.1 Å². The molecule has 1 heterocycles. The van der Waals surface area contributed by atoms with Crippen LogP contribution in [0.15, 0.2) is 0 Å². The minimum Gasteiger partial charge on any atom is -0.466 e. The molecule has 4 heteroatoms. The summed E-state index contributed by atoms with van der Waals surface area (Å²) >= 11 is 0. The molecular weight excluding hydrogens is 170 g/mol. The molecule has 2 aliphatic rings. The SMILES string of the molecule is CCOC(=O)C1C2CN(C=O)C[C@@H]21. The van der Waals surface area contributed by atoms with Crippen molar-refractivity contribution in [3.05, 3.63) is 0 Å². The van der Waals surface area contributed by atoms with Crippen molar-refractivity contribution in [3.63, 3.8) is 0 Å². The Bertz CT molecular complexity index is 229. The summed E-state index contributed by atoms with van der Waals surface area (Å²) in [4.78, 5) is 23.4. The van der Waals surface area contributed by atoms with Crippen LogP contribution in [0.1, 0.15) is 6.92 Å². The molecule has 13 heavy (non-hydrogen) atoms. The van der Waals surface area contributed by atoms with Gasteiger partial charge in [-0.25, -0.2) is 0 Å². The highest BCUT2D eigenvalue weighted by Gasteiger charge is 2.60. The first-order chi connectivity index (χ1) is 6.27. The molecule has 0 spiro atoms. The average Bonchev–Trinajstić information content (AvgIpc) is 2.63. The first-order valence-corrected chi connectivity index (χ1v) is 4.64. The molecule has 4 nitrogen and oxygen atoms in total. The van der Waals surface area contributed by atoms with E-state index < -0.39 is 0 Å². The van der Waals surface area contributed by atoms with Crippen LogP contribution in [0, 0.1) is 17.8 Å². The molecule has 1 aliphatic carbocycles. The first kappa shape index (κ1) is 8.53. The number of hydrogen-bond donors (Lipinski definition) is 0. The van der Waals surface area contributed by atoms with Crippen LogP contribution in [0.25, 0.3) is 0 Å². The van der Waals surface area contributed by atoms with Gasteiger partial charge in [-0.05, 0) is 18.8 Å². The van der Waals surface area contributed by atoms with Gasteiger partial charge in [-0.3, -0.25) is 9.59 Å². The van der Waals surface area contributed by atoms with Gasteiger partial charge in [-0.2, -0.15) is 0 Å². The number of fused-ring (bicyclic) bond motifs is 1. The zero-order chi connectivity index (χ0) is 9.42. The number of piperidine rings is 1. The number of carbonyl (C=O) groups excluding carboxylic acids is 2. The number of carbonyl (C=O) groups is 2. The van der Waals surface area contributed by atoms with Gasteiger partial charge >= 0.3 is 5.97 Å². The summed E-state index contributed by atoms with van der Waals surface area (Å²) in [6.45, 7) is 3.73. The highest BCUT2D eigenvalue weighted by Crippen LogP contribution is 2.51. The molecule has 0 aromatic rings. The van der Waals surface area contributed by atoms with Gasteiger partial charge in [0.15, 0.2) is 0 Å². The van der Waals surface area contributed by atoms with Crippen molar-refractivity contribution in [2.75, 3.05) is 19.7 Å². The minimum atomic E-state index is -0.0805. The minimum absolute atomic E-state index is 0.0798. The molecule has 0 N–H and O–H groups in total. The van der Waals surface area contributed by atoms with Gasteiger partial charge < -0.3 is 9.64 Å². The Balaban J connectivity index is 1.84. The van der Waals surface area contributed by atoms with Crippen LogP contribution in [0.2, 0.25) is 0 Å². The number of likely N-dealkylation sites (tertiary alicyclic amines) is 1. The lowest BCUT2D eigenvalue weighted by Crippen LogP contribution is -2.25. The maximum Gasteiger partial charge on any atom is 0.309 e. The number of rotatable bonds is 3. The Hall–Kier alpha value is -1.06. The van der Waals surface area contributed by atoms with Crippen molar-refractivity contribution >= 4 is 12.4 Å². The fourth-order valence-electron chi connectivity index (χ4n) is 2.23. The summed E-state index contributed by atoms with van der Waals surface area (Å²) in [5.41, 5.74) is 0. The molecule has 2 rings (SSSR count). The Morgan fingerprint density at radius 2 is 2.15 bits per heavy atom. The van der Waals surface area contributed by atoms with Crippen molar-refractivity contribution in [2.24, 2.45) is 17.8 Å². The zero-order valence-corrected chi connectivity index (χ0v) is 7.60. The van der Waals surface area contributed by atoms with Crippen molar-refractivity contribution in [2.45, 2.75) is 6.92 Å². The van der Waals surface area contributed by atoms with Crippen LogP contribution in [-0.4, -0.2) is 37.0 Å². The van der Waals surface area contributed by atoms with E-state index in [1.54, 1.807) is 4.90 Å². The molecule has 1 saturated carbocycles. The quantitative estimate of drug-likeness (QED) is 0.453. The molecule has 72 valence electrons. The zero-order valence-electron chi connectivity index (χ0n) is 7.60. The number of amides is 1. The van der Waals surface area contributed by atoms with Crippen molar-refractivity contribution in [1.82, 2.24) is 4.90 Å². The number of esters is 1. The second-order valence-electron chi connectivity index (χ2n) is 3.66. The standard InChI is InChI=1S/C9H13NO3/c1-2-13-9(12)8-6-3-10(5-11)4-7(6)8/h5-8H,2-4H2,1H3/t6-,7?,8?/m0/s1. The highest BCUT2D eigenvalue weighted by molar-refractivity contribution is 5.77. The molecule has 1 aliphatic heterocycles. The molecule has 1 saturated heterocycles. The number of nitrogens with zero attached hydrogens (tertiary/aromatic N) is 1. The molecule has 0 bridgehead atoms. The lowest BCUT2D eigenvalue weighted by atomic mass is 10.3. The van der Waals surface area contributed by atoms with E-state index in [2.05, 4.69) is 0 Å². The predicted molar refractivity (Wildman–Crippen MR) is 44.7 cm³/mol. The van der Waals surface area contributed by atoms with Gasteiger partial charge in [0.25, 0.3) is 0 Å². The van der Waals surface area contributed by atoms with Gasteiger partial charge in [-0.15, -0.1) is 0 Å². The highest BCUT2D eigenvalue weighted by atomic mass is 16.5. The second kappa shape index (κ2) is 3.01. The summed E-state index contributed by atoms with van der Waals surface area (Å²) in [7, 11) is 0. The fraction of sp³-hybridized carbons (Fsp3) is 0.778. The lowest BCUT2D eigenvalue weighted by molar-refractivity contribution is -0.146. The van der Waals surface area contributed by atoms with Crippen molar-refractivity contribution in [1.29, 1.82) is 0 Å². The lowest BCUT2D eigenvalue weighted by Gasteiger charge is -2.12. The van der Waals surface area contributed by atoms with Crippen LogP contribution in [0.4, 0.5) is 0 Å². The van der Waals surface area contributed by atoms with Crippen LogP contribution in [-0.2, 0) is 14.3 Å². The average molecular weight is 183 g/mol. The van der Waals surface area contributed by atoms with E-state index >= 15 is 0 Å². The summed E-state index contributed by atoms with van der Waals surface area (Å²) in [6, 6.07) is 0. The summed E-state index contributed by atoms with van der Waals surface area (Å²) < 4.78 is 4.93. The molecular formula is C9H13NO3. The van der Waals surface area contributed by atoms with E-state index in [-0.39, 0.29) is 11.9 Å². The first-order valence-electron chi connectivity index (χ1n) is 4.64. The molecule has 3 atom stereocenters. The number of ether oxygens (including phenoxy) is 1. The Morgan fingerprint density at radius 1 is 1.54 bits per heavy atom. The third-order valence-electron chi connectivity index (χ3n) is 2.93. The van der Waals surface area contributed by atoms with Gasteiger partial charge in [0.1, 0.15) is 0 Å². The van der Waals surface area contributed by atoms with Crippen molar-refractivity contribution in [3.8, 4) is 0 Å². The maximum atomic E-state index is 11.3. The molecule has 2 fully saturated rings. The van der Waals surface area contributed by atoms with E-state index in [0.717, 1.165) is 19.5 Å². The Kier molecular flexibility index (Phi) is 1.98. The van der Waals surface area contributed by atoms with E-state index in [0.29, 0.717) is 18.4 Å². The normalized spacial score (nSPS) is 35.5. The van der Waals surface area contributed by atoms with Crippen LogP contribution < -0.4 is 0 Å². The summed E-state index contributed by atoms with van der Waals surface area (Å²) in [5, 5.41) is 0. The van der Waals surface area contributed by atoms with E-state index in [4.69, 9.17) is 4.74 Å². The third kappa shape index (κ3) is 1.30. The molecule has 0 aromatic carbocycles. The van der Waals surface area contributed by atoms with E-state index in [9.17, 15) is 9.59 Å². The van der Waals surface area contributed by atoms with Crippen LogP contribution >= 0.6 is 0 Å². The monoisotopic (exact) mass is 183 g/mol. The van der Waals surface area contributed by atoms with Gasteiger partial charge in [0.2, 0.25) is 6.41 Å². The van der Waals surface area contributed by atoms with Crippen molar-refractivity contribution < 1.29 is 14.3 Å². The largest absolute Gasteiger partial charge is 0.466 e. The van der Waals surface area contributed by atoms with E-state index in [1.807, 2.05) is 6.92 Å². The molecule has 1 amide bonds. The maximum absolute atomic E-state index is 11.3. The van der Waals surface area contributed by atoms with Gasteiger partial charge in [0.05, 0.1) is 12.5 Å². The van der Waals surface area contributed by atoms with Crippen LogP contribution in [0.5, 0.6) is 0 Å². The summed E-state index contributed by atoms with van der Waals surface area (Å²) in [6.07, 6.45) is 0.856. The Morgan fingerprint density at radius 3 is 2.62 bits per heavy atom. The summed E-state index contributed by atoms with van der Waals surface area (Å²) in [5.74, 6) is 0.757. The predicted octanol–water partition coefficient (Wildman–Crippen LogP) is -0.116. The van der Waals surface area contributed by atoms with Gasteiger partial charge in [-0.1, -0.05) is 0 Å². The molecule has 0 aromatic heterocycles. The third-order valence-corrected chi connectivity index (χ3v) is 2.93. The topological polar surface area (TPSA) is 46.6 Å².